The normalized spacial score (nSPS) is 38.2. The first-order valence-corrected chi connectivity index (χ1v) is 6.48. The summed E-state index contributed by atoms with van der Waals surface area (Å²) in [5.41, 5.74) is 0.0137. The Labute approximate surface area is 94.6 Å². The molecule has 2 unspecified atom stereocenters. The summed E-state index contributed by atoms with van der Waals surface area (Å²) in [5, 5.41) is 12.1. The summed E-state index contributed by atoms with van der Waals surface area (Å²) in [6.45, 7) is 8.80. The molecule has 2 atom stereocenters. The van der Waals surface area contributed by atoms with Gasteiger partial charge in [0.05, 0.1) is 0 Å². The molecule has 1 rings (SSSR count). The summed E-state index contributed by atoms with van der Waals surface area (Å²) < 4.78 is 0. The van der Waals surface area contributed by atoms with E-state index < -0.39 is 0 Å². The van der Waals surface area contributed by atoms with Crippen LogP contribution in [0.5, 0.6) is 0 Å². The lowest BCUT2D eigenvalue weighted by atomic mass is 9.76. The number of rotatable bonds is 4. The van der Waals surface area contributed by atoms with E-state index in [9.17, 15) is 5.21 Å². The standard InChI is InChI=1S/C13H27NO/c1-5-7-9-13(4)11-8-10-12(3,6-2)14(13)15/h15H,5-11H2,1-4H3. The lowest BCUT2D eigenvalue weighted by molar-refractivity contribution is -0.255. The lowest BCUT2D eigenvalue weighted by Gasteiger charge is -2.51. The second-order valence-corrected chi connectivity index (χ2v) is 5.62. The van der Waals surface area contributed by atoms with Crippen LogP contribution in [0.15, 0.2) is 0 Å². The number of nitrogens with zero attached hydrogens (tertiary/aromatic N) is 1. The first kappa shape index (κ1) is 13.0. The second kappa shape index (κ2) is 4.84. The summed E-state index contributed by atoms with van der Waals surface area (Å²) in [4.78, 5) is 0. The van der Waals surface area contributed by atoms with Crippen LogP contribution in [0.3, 0.4) is 0 Å². The summed E-state index contributed by atoms with van der Waals surface area (Å²) in [6.07, 6.45) is 8.10. The third-order valence-corrected chi connectivity index (χ3v) is 4.28. The summed E-state index contributed by atoms with van der Waals surface area (Å²) in [7, 11) is 0. The van der Waals surface area contributed by atoms with Crippen molar-refractivity contribution in [1.82, 2.24) is 5.06 Å². The number of hydrogen-bond donors (Lipinski definition) is 1. The zero-order valence-corrected chi connectivity index (χ0v) is 10.8. The molecule has 1 saturated heterocycles. The van der Waals surface area contributed by atoms with Crippen LogP contribution < -0.4 is 0 Å². The molecular formula is C13H27NO. The van der Waals surface area contributed by atoms with Crippen LogP contribution in [-0.4, -0.2) is 21.3 Å². The molecule has 15 heavy (non-hydrogen) atoms. The summed E-state index contributed by atoms with van der Waals surface area (Å²) >= 11 is 0. The molecule has 2 nitrogen and oxygen atoms in total. The molecule has 1 N–H and O–H groups in total. The van der Waals surface area contributed by atoms with E-state index in [1.807, 2.05) is 0 Å². The van der Waals surface area contributed by atoms with Crippen molar-refractivity contribution in [2.75, 3.05) is 0 Å². The maximum atomic E-state index is 10.4. The van der Waals surface area contributed by atoms with Crippen LogP contribution in [0.4, 0.5) is 0 Å². The van der Waals surface area contributed by atoms with Crippen LogP contribution in [0.1, 0.15) is 72.6 Å². The molecule has 0 spiro atoms. The molecule has 1 heterocycles. The minimum atomic E-state index is 0.000736. The molecule has 0 bridgehead atoms. The minimum absolute atomic E-state index is 0.000736. The van der Waals surface area contributed by atoms with Gasteiger partial charge < -0.3 is 5.21 Å². The molecule has 1 aliphatic rings. The maximum Gasteiger partial charge on any atom is 0.0438 e. The molecule has 2 heteroatoms. The molecule has 0 aromatic rings. The minimum Gasteiger partial charge on any atom is -0.313 e. The number of hydroxylamine groups is 2. The molecule has 0 radical (unpaired) electrons. The van der Waals surface area contributed by atoms with Gasteiger partial charge in [0, 0.05) is 11.1 Å². The number of unbranched alkanes of at least 4 members (excludes halogenated alkanes) is 1. The van der Waals surface area contributed by atoms with Crippen LogP contribution in [0.2, 0.25) is 0 Å². The van der Waals surface area contributed by atoms with Crippen molar-refractivity contribution in [3.05, 3.63) is 0 Å². The maximum absolute atomic E-state index is 10.4. The average Bonchev–Trinajstić information content (AvgIpc) is 2.23. The summed E-state index contributed by atoms with van der Waals surface area (Å²) in [5.74, 6) is 0. The molecule has 0 aliphatic carbocycles. The van der Waals surface area contributed by atoms with Crippen LogP contribution in [0.25, 0.3) is 0 Å². The van der Waals surface area contributed by atoms with Gasteiger partial charge in [0.15, 0.2) is 0 Å². The topological polar surface area (TPSA) is 23.5 Å². The Hall–Kier alpha value is -0.0800. The van der Waals surface area contributed by atoms with Crippen molar-refractivity contribution in [2.45, 2.75) is 83.7 Å². The van der Waals surface area contributed by atoms with E-state index in [1.165, 1.54) is 19.3 Å². The monoisotopic (exact) mass is 213 g/mol. The number of piperidine rings is 1. The first-order valence-electron chi connectivity index (χ1n) is 6.48. The predicted octanol–water partition coefficient (Wildman–Crippen LogP) is 3.98. The van der Waals surface area contributed by atoms with E-state index >= 15 is 0 Å². The van der Waals surface area contributed by atoms with Gasteiger partial charge in [-0.1, -0.05) is 26.7 Å². The largest absolute Gasteiger partial charge is 0.313 e. The molecule has 0 saturated carbocycles. The smallest absolute Gasteiger partial charge is 0.0438 e. The highest BCUT2D eigenvalue weighted by Gasteiger charge is 2.44. The van der Waals surface area contributed by atoms with Gasteiger partial charge in [-0.15, -0.1) is 0 Å². The molecule has 1 aliphatic heterocycles. The van der Waals surface area contributed by atoms with Crippen molar-refractivity contribution in [2.24, 2.45) is 0 Å². The number of hydrogen-bond acceptors (Lipinski definition) is 2. The Balaban J connectivity index is 2.72. The Morgan fingerprint density at radius 3 is 2.27 bits per heavy atom. The van der Waals surface area contributed by atoms with Crippen LogP contribution in [-0.2, 0) is 0 Å². The van der Waals surface area contributed by atoms with Gasteiger partial charge in [-0.05, 0) is 46.0 Å². The zero-order valence-electron chi connectivity index (χ0n) is 10.8. The highest BCUT2D eigenvalue weighted by molar-refractivity contribution is 4.96. The van der Waals surface area contributed by atoms with Gasteiger partial charge in [-0.2, -0.15) is 5.06 Å². The fourth-order valence-corrected chi connectivity index (χ4v) is 2.83. The first-order chi connectivity index (χ1) is 6.98. The molecule has 0 aromatic heterocycles. The van der Waals surface area contributed by atoms with Gasteiger partial charge in [-0.3, -0.25) is 0 Å². The lowest BCUT2D eigenvalue weighted by Crippen LogP contribution is -2.59. The van der Waals surface area contributed by atoms with Gasteiger partial charge >= 0.3 is 0 Å². The van der Waals surface area contributed by atoms with E-state index in [4.69, 9.17) is 0 Å². The molecule has 0 aromatic carbocycles. The Bertz CT molecular complexity index is 207. The van der Waals surface area contributed by atoms with Crippen molar-refractivity contribution < 1.29 is 5.21 Å². The van der Waals surface area contributed by atoms with Crippen LogP contribution in [0, 0.1) is 0 Å². The van der Waals surface area contributed by atoms with Crippen molar-refractivity contribution in [3.63, 3.8) is 0 Å². The average molecular weight is 213 g/mol. The van der Waals surface area contributed by atoms with Gasteiger partial charge in [0.2, 0.25) is 0 Å². The van der Waals surface area contributed by atoms with E-state index in [1.54, 1.807) is 5.06 Å². The Kier molecular flexibility index (Phi) is 4.19. The van der Waals surface area contributed by atoms with Crippen molar-refractivity contribution in [3.8, 4) is 0 Å². The van der Waals surface area contributed by atoms with Gasteiger partial charge in [0.1, 0.15) is 0 Å². The SMILES string of the molecule is CCCCC1(C)CCCC(C)(CC)N1O. The molecule has 90 valence electrons. The summed E-state index contributed by atoms with van der Waals surface area (Å²) in [6, 6.07) is 0. The van der Waals surface area contributed by atoms with E-state index in [2.05, 4.69) is 27.7 Å². The van der Waals surface area contributed by atoms with Crippen molar-refractivity contribution >= 4 is 0 Å². The molecular weight excluding hydrogens is 186 g/mol. The quantitative estimate of drug-likeness (QED) is 0.763. The molecule has 1 fully saturated rings. The Morgan fingerprint density at radius 1 is 1.13 bits per heavy atom. The third-order valence-electron chi connectivity index (χ3n) is 4.28. The highest BCUT2D eigenvalue weighted by Crippen LogP contribution is 2.41. The van der Waals surface area contributed by atoms with E-state index in [-0.39, 0.29) is 11.1 Å². The fourth-order valence-electron chi connectivity index (χ4n) is 2.83. The van der Waals surface area contributed by atoms with E-state index in [0.29, 0.717) is 0 Å². The predicted molar refractivity (Wildman–Crippen MR) is 64.1 cm³/mol. The second-order valence-electron chi connectivity index (χ2n) is 5.62. The van der Waals surface area contributed by atoms with Gasteiger partial charge in [0.25, 0.3) is 0 Å². The van der Waals surface area contributed by atoms with Crippen LogP contribution >= 0.6 is 0 Å². The fraction of sp³-hybridized carbons (Fsp3) is 1.00. The van der Waals surface area contributed by atoms with E-state index in [0.717, 1.165) is 25.7 Å². The highest BCUT2D eigenvalue weighted by atomic mass is 16.5. The van der Waals surface area contributed by atoms with Gasteiger partial charge in [-0.25, -0.2) is 0 Å². The Morgan fingerprint density at radius 2 is 1.73 bits per heavy atom. The van der Waals surface area contributed by atoms with Crippen molar-refractivity contribution in [1.29, 1.82) is 0 Å². The zero-order chi connectivity index (χ0) is 11.5. The third kappa shape index (κ3) is 2.54. The molecule has 0 amide bonds.